The number of urea groups is 1. The Labute approximate surface area is 117 Å². The van der Waals surface area contributed by atoms with E-state index in [-0.39, 0.29) is 24.4 Å². The minimum absolute atomic E-state index is 0.0469. The number of amides is 2. The van der Waals surface area contributed by atoms with E-state index >= 15 is 0 Å². The number of nitrogens with one attached hydrogen (secondary N) is 2. The Morgan fingerprint density at radius 1 is 1.50 bits per heavy atom. The maximum absolute atomic E-state index is 11.7. The van der Waals surface area contributed by atoms with Crippen molar-refractivity contribution < 1.29 is 19.1 Å². The normalized spacial score (nSPS) is 13.6. The second kappa shape index (κ2) is 7.52. The van der Waals surface area contributed by atoms with Gasteiger partial charge in [0.1, 0.15) is 11.8 Å². The first-order chi connectivity index (χ1) is 9.42. The highest BCUT2D eigenvalue weighted by atomic mass is 16.4. The van der Waals surface area contributed by atoms with Crippen molar-refractivity contribution in [3.05, 3.63) is 17.8 Å². The molecular weight excluding hydrogens is 262 g/mol. The summed E-state index contributed by atoms with van der Waals surface area (Å²) < 4.78 is 5.31. The highest BCUT2D eigenvalue weighted by Gasteiger charge is 2.16. The van der Waals surface area contributed by atoms with Crippen molar-refractivity contribution in [2.24, 2.45) is 5.92 Å². The number of carbonyl (C=O) groups excluding carboxylic acids is 1. The number of oxazole rings is 1. The largest absolute Gasteiger partial charge is 0.481 e. The van der Waals surface area contributed by atoms with E-state index in [4.69, 9.17) is 9.52 Å². The number of carboxylic acid groups (broad SMARTS) is 1. The van der Waals surface area contributed by atoms with Gasteiger partial charge in [-0.2, -0.15) is 0 Å². The molecule has 0 saturated carbocycles. The fourth-order valence-electron chi connectivity index (χ4n) is 1.73. The zero-order valence-electron chi connectivity index (χ0n) is 12.0. The van der Waals surface area contributed by atoms with Gasteiger partial charge in [-0.1, -0.05) is 13.3 Å². The number of nitrogens with zero attached hydrogens (tertiary/aromatic N) is 1. The highest BCUT2D eigenvalue weighted by Crippen LogP contribution is 2.11. The summed E-state index contributed by atoms with van der Waals surface area (Å²) in [6.07, 6.45) is 2.33. The van der Waals surface area contributed by atoms with Crippen molar-refractivity contribution >= 4 is 12.0 Å². The van der Waals surface area contributed by atoms with Crippen LogP contribution < -0.4 is 10.6 Å². The van der Waals surface area contributed by atoms with E-state index in [1.807, 2.05) is 6.92 Å². The minimum Gasteiger partial charge on any atom is -0.481 e. The number of hydrogen-bond donors (Lipinski definition) is 3. The summed E-state index contributed by atoms with van der Waals surface area (Å²) in [4.78, 5) is 26.4. The minimum atomic E-state index is -0.859. The van der Waals surface area contributed by atoms with Gasteiger partial charge in [0.15, 0.2) is 0 Å². The van der Waals surface area contributed by atoms with Crippen molar-refractivity contribution in [3.8, 4) is 0 Å². The van der Waals surface area contributed by atoms with Gasteiger partial charge in [0.05, 0.1) is 6.20 Å². The van der Waals surface area contributed by atoms with Crippen molar-refractivity contribution in [1.82, 2.24) is 15.6 Å². The number of carboxylic acids is 1. The first-order valence-corrected chi connectivity index (χ1v) is 6.60. The van der Waals surface area contributed by atoms with Crippen LogP contribution >= 0.6 is 0 Å². The number of aliphatic carboxylic acids is 1. The zero-order valence-corrected chi connectivity index (χ0v) is 12.0. The molecule has 0 saturated heterocycles. The van der Waals surface area contributed by atoms with Crippen LogP contribution in [0.4, 0.5) is 4.79 Å². The second-order valence-electron chi connectivity index (χ2n) is 4.76. The molecule has 7 heteroatoms. The standard InChI is InChI=1S/C13H21N3O4/c1-4-10(5-11(17)18)7-15-13(19)16-9(3)12-14-6-8(2)20-12/h6,9-10H,4-5,7H2,1-3H3,(H,17,18)(H2,15,16,19). The first-order valence-electron chi connectivity index (χ1n) is 6.60. The van der Waals surface area contributed by atoms with Crippen LogP contribution in [0.5, 0.6) is 0 Å². The van der Waals surface area contributed by atoms with E-state index in [1.54, 1.807) is 20.0 Å². The predicted molar refractivity (Wildman–Crippen MR) is 72.2 cm³/mol. The van der Waals surface area contributed by atoms with E-state index < -0.39 is 5.97 Å². The van der Waals surface area contributed by atoms with E-state index in [1.165, 1.54) is 0 Å². The summed E-state index contributed by atoms with van der Waals surface area (Å²) in [7, 11) is 0. The SMILES string of the molecule is CCC(CNC(=O)NC(C)c1ncc(C)o1)CC(=O)O. The van der Waals surface area contributed by atoms with Crippen LogP contribution in [0.1, 0.15) is 44.4 Å². The Morgan fingerprint density at radius 3 is 2.70 bits per heavy atom. The first kappa shape index (κ1) is 16.0. The van der Waals surface area contributed by atoms with Crippen LogP contribution in [0.2, 0.25) is 0 Å². The summed E-state index contributed by atoms with van der Waals surface area (Å²) in [5.41, 5.74) is 0. The molecule has 1 aromatic heterocycles. The smallest absolute Gasteiger partial charge is 0.315 e. The number of hydrogen-bond acceptors (Lipinski definition) is 4. The summed E-state index contributed by atoms with van der Waals surface area (Å²) >= 11 is 0. The molecule has 3 N–H and O–H groups in total. The summed E-state index contributed by atoms with van der Waals surface area (Å²) in [5.74, 6) is 0.192. The predicted octanol–water partition coefficient (Wildman–Crippen LogP) is 1.84. The molecule has 112 valence electrons. The topological polar surface area (TPSA) is 104 Å². The van der Waals surface area contributed by atoms with E-state index in [0.29, 0.717) is 24.6 Å². The third-order valence-electron chi connectivity index (χ3n) is 2.95. The van der Waals surface area contributed by atoms with Gasteiger partial charge in [0.25, 0.3) is 0 Å². The van der Waals surface area contributed by atoms with E-state index in [2.05, 4.69) is 15.6 Å². The van der Waals surface area contributed by atoms with Gasteiger partial charge >= 0.3 is 12.0 Å². The van der Waals surface area contributed by atoms with Gasteiger partial charge in [-0.15, -0.1) is 0 Å². The molecular formula is C13H21N3O4. The third kappa shape index (κ3) is 5.29. The molecule has 1 rings (SSSR count). The number of aromatic nitrogens is 1. The van der Waals surface area contributed by atoms with Gasteiger partial charge in [0.2, 0.25) is 5.89 Å². The Balaban J connectivity index is 2.37. The van der Waals surface area contributed by atoms with Gasteiger partial charge < -0.3 is 20.2 Å². The van der Waals surface area contributed by atoms with Gasteiger partial charge in [-0.3, -0.25) is 4.79 Å². The van der Waals surface area contributed by atoms with Crippen LogP contribution in [-0.4, -0.2) is 28.6 Å². The van der Waals surface area contributed by atoms with Crippen molar-refractivity contribution in [2.75, 3.05) is 6.54 Å². The monoisotopic (exact) mass is 283 g/mol. The molecule has 0 radical (unpaired) electrons. The molecule has 1 aromatic rings. The van der Waals surface area contributed by atoms with Crippen LogP contribution in [0.15, 0.2) is 10.6 Å². The fourth-order valence-corrected chi connectivity index (χ4v) is 1.73. The van der Waals surface area contributed by atoms with Crippen molar-refractivity contribution in [3.63, 3.8) is 0 Å². The summed E-state index contributed by atoms with van der Waals surface area (Å²) in [6, 6.07) is -0.708. The molecule has 1 heterocycles. The molecule has 2 amide bonds. The van der Waals surface area contributed by atoms with E-state index in [9.17, 15) is 9.59 Å². The van der Waals surface area contributed by atoms with E-state index in [0.717, 1.165) is 0 Å². The molecule has 0 aliphatic carbocycles. The van der Waals surface area contributed by atoms with Crippen LogP contribution in [-0.2, 0) is 4.79 Å². The Bertz CT molecular complexity index is 458. The lowest BCUT2D eigenvalue weighted by molar-refractivity contribution is -0.138. The second-order valence-corrected chi connectivity index (χ2v) is 4.76. The summed E-state index contributed by atoms with van der Waals surface area (Å²) in [5, 5.41) is 14.1. The molecule has 0 bridgehead atoms. The van der Waals surface area contributed by atoms with Crippen LogP contribution in [0, 0.1) is 12.8 Å². The number of rotatable bonds is 7. The maximum Gasteiger partial charge on any atom is 0.315 e. The van der Waals surface area contributed by atoms with Gasteiger partial charge in [-0.05, 0) is 19.8 Å². The molecule has 2 atom stereocenters. The maximum atomic E-state index is 11.7. The third-order valence-corrected chi connectivity index (χ3v) is 2.95. The Hall–Kier alpha value is -2.05. The Kier molecular flexibility index (Phi) is 6.02. The zero-order chi connectivity index (χ0) is 15.1. The number of carbonyl (C=O) groups is 2. The quantitative estimate of drug-likeness (QED) is 0.708. The summed E-state index contributed by atoms with van der Waals surface area (Å²) in [6.45, 7) is 5.76. The molecule has 20 heavy (non-hydrogen) atoms. The highest BCUT2D eigenvalue weighted by molar-refractivity contribution is 5.74. The van der Waals surface area contributed by atoms with Crippen molar-refractivity contribution in [2.45, 2.75) is 39.7 Å². The van der Waals surface area contributed by atoms with Gasteiger partial charge in [-0.25, -0.2) is 9.78 Å². The average molecular weight is 283 g/mol. The number of aryl methyl sites for hydroxylation is 1. The molecule has 0 aliphatic rings. The molecule has 0 spiro atoms. The average Bonchev–Trinajstić information content (AvgIpc) is 2.80. The van der Waals surface area contributed by atoms with Crippen LogP contribution in [0.3, 0.4) is 0 Å². The van der Waals surface area contributed by atoms with Gasteiger partial charge in [0, 0.05) is 13.0 Å². The fraction of sp³-hybridized carbons (Fsp3) is 0.615. The lowest BCUT2D eigenvalue weighted by Gasteiger charge is -2.15. The lowest BCUT2D eigenvalue weighted by Crippen LogP contribution is -2.39. The van der Waals surface area contributed by atoms with Crippen LogP contribution in [0.25, 0.3) is 0 Å². The molecule has 0 fully saturated rings. The molecule has 2 unspecified atom stereocenters. The molecule has 7 nitrogen and oxygen atoms in total. The Morgan fingerprint density at radius 2 is 2.20 bits per heavy atom. The lowest BCUT2D eigenvalue weighted by atomic mass is 10.0. The van der Waals surface area contributed by atoms with Crippen molar-refractivity contribution in [1.29, 1.82) is 0 Å². The molecule has 0 aromatic carbocycles. The molecule has 0 aliphatic heterocycles.